The molecule has 0 N–H and O–H groups in total. The first-order chi connectivity index (χ1) is 31.2. The molecule has 10 aromatic rings. The Kier molecular flexibility index (Phi) is 17.4. The topological polar surface area (TPSA) is 0 Å². The van der Waals surface area contributed by atoms with Crippen LogP contribution in [0.3, 0.4) is 0 Å². The van der Waals surface area contributed by atoms with Gasteiger partial charge in [-0.3, -0.25) is 11.8 Å². The average molecular weight is 1070 g/mol. The van der Waals surface area contributed by atoms with Crippen molar-refractivity contribution in [1.29, 1.82) is 0 Å². The van der Waals surface area contributed by atoms with Gasteiger partial charge in [0.2, 0.25) is 0 Å². The fourth-order valence-corrected chi connectivity index (χ4v) is 16.7. The maximum Gasteiger partial charge on any atom is 1.00 e. The smallest absolute Gasteiger partial charge is 0.366 e. The van der Waals surface area contributed by atoms with Crippen LogP contribution in [0.25, 0.3) is 43.1 Å². The van der Waals surface area contributed by atoms with E-state index in [1.54, 1.807) is 0 Å². The van der Waals surface area contributed by atoms with Crippen molar-refractivity contribution in [3.8, 4) is 11.8 Å². The van der Waals surface area contributed by atoms with E-state index in [4.69, 9.17) is 12.8 Å². The van der Waals surface area contributed by atoms with Crippen molar-refractivity contribution < 1.29 is 44.8 Å². The quantitative estimate of drug-likeness (QED) is 0.0491. The summed E-state index contributed by atoms with van der Waals surface area (Å²) in [5, 5.41) is 16.0. The molecule has 4 heteroatoms. The number of rotatable bonds is 7. The van der Waals surface area contributed by atoms with Gasteiger partial charge in [0, 0.05) is 0 Å². The molecule has 0 aliphatic carbocycles. The summed E-state index contributed by atoms with van der Waals surface area (Å²) in [5.74, 6) is 4.83. The van der Waals surface area contributed by atoms with E-state index in [0.29, 0.717) is 0 Å². The van der Waals surface area contributed by atoms with Crippen molar-refractivity contribution in [2.75, 3.05) is 0 Å². The fraction of sp³-hybridized carbons (Fsp3) is 0.0968. The van der Waals surface area contributed by atoms with Crippen LogP contribution in [0.4, 0.5) is 0 Å². The van der Waals surface area contributed by atoms with Crippen molar-refractivity contribution in [1.82, 2.24) is 0 Å². The summed E-state index contributed by atoms with van der Waals surface area (Å²) < 4.78 is 0. The number of fused-ring (bicyclic) bond motifs is 6. The molecular formula is C62H52Ag2P2+2. The standard InChI is InChI=1S/C30H32P2.2C16H9.2Ag/c1-29(2,31(25-17-9-5-10-18-25)26-19-11-6-12-20-26)30(3,4)32(27-21-13-7-14-22-27)28-23-15-8-16-24-28;2*1-2-12-7-10-16-14(11-12)9-8-13-5-3-4-6-15(13)16;;/h5-24H,1-4H3;2*3-11H;;/q;2*-1;2*+1/p+2. The van der Waals surface area contributed by atoms with Gasteiger partial charge >= 0.3 is 44.8 Å². The van der Waals surface area contributed by atoms with Crippen LogP contribution >= 0.6 is 15.8 Å². The minimum absolute atomic E-state index is 0. The summed E-state index contributed by atoms with van der Waals surface area (Å²) in [7, 11) is -2.13. The largest absolute Gasteiger partial charge is 1.00 e. The molecular weight excluding hydrogens is 1020 g/mol. The Hall–Kier alpha value is -5.30. The monoisotopic (exact) mass is 1070 g/mol. The SMILES string of the molecule is CC(C)([PH+](c1ccccc1)c1ccccc1)C(C)(C)[PH+](c1ccccc1)c1ccccc1.[Ag+].[Ag+].[C-]#Cc1ccc2c(ccc3ccccc32)c1.[C-]#Cc1ccc2c(ccc3ccccc32)c1. The fourth-order valence-electron chi connectivity index (χ4n) is 9.00. The summed E-state index contributed by atoms with van der Waals surface area (Å²) in [4.78, 5) is 0. The number of hydrogen-bond donors (Lipinski definition) is 0. The molecule has 0 bridgehead atoms. The van der Waals surface area contributed by atoms with Gasteiger partial charge in [-0.15, -0.1) is 35.4 Å². The summed E-state index contributed by atoms with van der Waals surface area (Å²) in [5.41, 5.74) is 1.64. The predicted molar refractivity (Wildman–Crippen MR) is 284 cm³/mol. The van der Waals surface area contributed by atoms with E-state index in [0.717, 1.165) is 21.9 Å². The molecule has 10 rings (SSSR count). The van der Waals surface area contributed by atoms with Crippen LogP contribution < -0.4 is 21.2 Å². The van der Waals surface area contributed by atoms with Crippen LogP contribution in [0.2, 0.25) is 0 Å². The molecule has 0 heterocycles. The van der Waals surface area contributed by atoms with E-state index in [1.807, 2.05) is 36.4 Å². The molecule has 0 atom stereocenters. The maximum atomic E-state index is 7.13. The number of benzene rings is 10. The van der Waals surface area contributed by atoms with E-state index in [2.05, 4.69) is 234 Å². The van der Waals surface area contributed by atoms with Crippen LogP contribution in [-0.2, 0) is 44.8 Å². The molecule has 0 amide bonds. The molecule has 0 unspecified atom stereocenters. The van der Waals surface area contributed by atoms with Gasteiger partial charge in [0.05, 0.1) is 37.1 Å². The third-order valence-corrected chi connectivity index (χ3v) is 20.5. The van der Waals surface area contributed by atoms with Crippen molar-refractivity contribution >= 4 is 80.2 Å². The van der Waals surface area contributed by atoms with Crippen LogP contribution in [0, 0.1) is 24.7 Å². The van der Waals surface area contributed by atoms with Gasteiger partial charge in [-0.25, -0.2) is 0 Å². The number of hydrogen-bond acceptors (Lipinski definition) is 0. The third-order valence-electron chi connectivity index (χ3n) is 12.8. The second-order valence-corrected chi connectivity index (χ2v) is 23.5. The summed E-state index contributed by atoms with van der Waals surface area (Å²) in [6.45, 7) is 10.1. The zero-order valence-electron chi connectivity index (χ0n) is 37.5. The minimum Gasteiger partial charge on any atom is -0.366 e. The van der Waals surface area contributed by atoms with Crippen molar-refractivity contribution in [3.05, 3.63) is 254 Å². The second-order valence-electron chi connectivity index (χ2n) is 17.2. The zero-order chi connectivity index (χ0) is 44.5. The van der Waals surface area contributed by atoms with E-state index in [9.17, 15) is 0 Å². The summed E-state index contributed by atoms with van der Waals surface area (Å²) >= 11 is 0. The van der Waals surface area contributed by atoms with Gasteiger partial charge in [0.1, 0.15) is 10.3 Å². The predicted octanol–water partition coefficient (Wildman–Crippen LogP) is 14.1. The van der Waals surface area contributed by atoms with Gasteiger partial charge in [-0.05, 0) is 119 Å². The van der Waals surface area contributed by atoms with Crippen molar-refractivity contribution in [2.24, 2.45) is 0 Å². The first-order valence-electron chi connectivity index (χ1n) is 21.8. The molecule has 0 spiro atoms. The van der Waals surface area contributed by atoms with Gasteiger partial charge in [0.25, 0.3) is 0 Å². The Morgan fingerprint density at radius 3 is 0.864 bits per heavy atom. The minimum atomic E-state index is -1.07. The van der Waals surface area contributed by atoms with E-state index in [1.165, 1.54) is 53.5 Å². The molecule has 330 valence electrons. The molecule has 0 saturated carbocycles. The average Bonchev–Trinajstić information content (AvgIpc) is 3.35. The van der Waals surface area contributed by atoms with Gasteiger partial charge in [-0.1, -0.05) is 158 Å². The summed E-state index contributed by atoms with van der Waals surface area (Å²) in [6, 6.07) is 82.0. The molecule has 0 nitrogen and oxygen atoms in total. The van der Waals surface area contributed by atoms with Gasteiger partial charge in [-0.2, -0.15) is 0 Å². The van der Waals surface area contributed by atoms with Crippen molar-refractivity contribution in [2.45, 2.75) is 38.0 Å². The maximum absolute atomic E-state index is 7.13. The van der Waals surface area contributed by atoms with Crippen molar-refractivity contribution in [3.63, 3.8) is 0 Å². The first-order valence-corrected chi connectivity index (χ1v) is 24.8. The summed E-state index contributed by atoms with van der Waals surface area (Å²) in [6.07, 6.45) is 14.3. The molecule has 0 aliphatic heterocycles. The van der Waals surface area contributed by atoms with Crippen LogP contribution in [0.1, 0.15) is 38.8 Å². The van der Waals surface area contributed by atoms with Crippen LogP contribution in [0.5, 0.6) is 0 Å². The van der Waals surface area contributed by atoms with E-state index < -0.39 is 15.8 Å². The van der Waals surface area contributed by atoms with E-state index in [-0.39, 0.29) is 55.1 Å². The molecule has 0 radical (unpaired) electrons. The normalized spacial score (nSPS) is 11.0. The molecule has 0 saturated heterocycles. The van der Waals surface area contributed by atoms with Gasteiger partial charge < -0.3 is 12.8 Å². The molecule has 0 fully saturated rings. The second kappa shape index (κ2) is 22.9. The first kappa shape index (κ1) is 50.1. The van der Waals surface area contributed by atoms with E-state index >= 15 is 0 Å². The third kappa shape index (κ3) is 10.9. The molecule has 66 heavy (non-hydrogen) atoms. The van der Waals surface area contributed by atoms with Gasteiger partial charge in [0.15, 0.2) is 0 Å². The van der Waals surface area contributed by atoms with Crippen LogP contribution in [0.15, 0.2) is 231 Å². The molecule has 10 aromatic carbocycles. The molecule has 0 aromatic heterocycles. The molecule has 0 aliphatic rings. The van der Waals surface area contributed by atoms with Crippen LogP contribution in [-0.4, -0.2) is 10.3 Å². The Labute approximate surface area is 425 Å². The zero-order valence-corrected chi connectivity index (χ0v) is 42.5. The Morgan fingerprint density at radius 1 is 0.303 bits per heavy atom. The Balaban J connectivity index is 0.000000177. The Bertz CT molecular complexity index is 2940. The Morgan fingerprint density at radius 2 is 0.561 bits per heavy atom.